The molecule has 0 aliphatic carbocycles. The standard InChI is InChI=1S/C9H15NO/c1-6(2)9(10)8-4-7(3)5-11-8/h4-6,9H,10H2,1-3H3. The Labute approximate surface area is 67.4 Å². The largest absolute Gasteiger partial charge is 0.467 e. The van der Waals surface area contributed by atoms with Crippen molar-refractivity contribution in [3.8, 4) is 0 Å². The van der Waals surface area contributed by atoms with E-state index in [9.17, 15) is 0 Å². The van der Waals surface area contributed by atoms with Crippen LogP contribution in [-0.2, 0) is 0 Å². The van der Waals surface area contributed by atoms with Crippen LogP contribution in [0.25, 0.3) is 0 Å². The molecule has 2 heteroatoms. The number of nitrogens with two attached hydrogens (primary N) is 1. The number of hydrogen-bond acceptors (Lipinski definition) is 2. The Morgan fingerprint density at radius 1 is 1.45 bits per heavy atom. The van der Waals surface area contributed by atoms with Gasteiger partial charge < -0.3 is 10.2 Å². The van der Waals surface area contributed by atoms with Gasteiger partial charge in [-0.25, -0.2) is 0 Å². The molecule has 1 heterocycles. The summed E-state index contributed by atoms with van der Waals surface area (Å²) in [4.78, 5) is 0. The zero-order valence-corrected chi connectivity index (χ0v) is 7.29. The van der Waals surface area contributed by atoms with Crippen molar-refractivity contribution in [1.82, 2.24) is 0 Å². The number of aryl methyl sites for hydroxylation is 1. The SMILES string of the molecule is Cc1coc(C(N)C(C)C)c1. The molecule has 0 saturated heterocycles. The van der Waals surface area contributed by atoms with E-state index in [1.807, 2.05) is 13.0 Å². The van der Waals surface area contributed by atoms with Gasteiger partial charge in [0.25, 0.3) is 0 Å². The minimum atomic E-state index is 0.0312. The fourth-order valence-corrected chi connectivity index (χ4v) is 0.957. The van der Waals surface area contributed by atoms with E-state index in [0.29, 0.717) is 5.92 Å². The summed E-state index contributed by atoms with van der Waals surface area (Å²) >= 11 is 0. The second kappa shape index (κ2) is 3.09. The molecule has 0 aliphatic rings. The van der Waals surface area contributed by atoms with Crippen LogP contribution >= 0.6 is 0 Å². The van der Waals surface area contributed by atoms with Gasteiger partial charge >= 0.3 is 0 Å². The summed E-state index contributed by atoms with van der Waals surface area (Å²) in [7, 11) is 0. The van der Waals surface area contributed by atoms with Gasteiger partial charge in [0.05, 0.1) is 12.3 Å². The van der Waals surface area contributed by atoms with Gasteiger partial charge in [0.1, 0.15) is 5.76 Å². The molecule has 62 valence electrons. The lowest BCUT2D eigenvalue weighted by Gasteiger charge is -2.11. The maximum Gasteiger partial charge on any atom is 0.120 e. The average molecular weight is 153 g/mol. The highest BCUT2D eigenvalue weighted by molar-refractivity contribution is 5.13. The van der Waals surface area contributed by atoms with Crippen molar-refractivity contribution in [2.45, 2.75) is 26.8 Å². The lowest BCUT2D eigenvalue weighted by atomic mass is 10.0. The van der Waals surface area contributed by atoms with Crippen molar-refractivity contribution in [3.05, 3.63) is 23.7 Å². The first-order chi connectivity index (χ1) is 5.11. The van der Waals surface area contributed by atoms with E-state index in [1.165, 1.54) is 0 Å². The third kappa shape index (κ3) is 1.84. The lowest BCUT2D eigenvalue weighted by Crippen LogP contribution is -2.15. The van der Waals surface area contributed by atoms with Crippen molar-refractivity contribution in [2.24, 2.45) is 11.7 Å². The monoisotopic (exact) mass is 153 g/mol. The Morgan fingerprint density at radius 3 is 2.45 bits per heavy atom. The molecule has 11 heavy (non-hydrogen) atoms. The molecule has 2 N–H and O–H groups in total. The van der Waals surface area contributed by atoms with Crippen molar-refractivity contribution in [1.29, 1.82) is 0 Å². The maximum atomic E-state index is 5.86. The predicted molar refractivity (Wildman–Crippen MR) is 45.2 cm³/mol. The molecule has 1 atom stereocenters. The fraction of sp³-hybridized carbons (Fsp3) is 0.556. The molecule has 1 aromatic heterocycles. The van der Waals surface area contributed by atoms with Crippen LogP contribution in [0.15, 0.2) is 16.7 Å². The van der Waals surface area contributed by atoms with Gasteiger partial charge in [-0.3, -0.25) is 0 Å². The Kier molecular flexibility index (Phi) is 2.35. The van der Waals surface area contributed by atoms with Gasteiger partial charge in [-0.05, 0) is 24.5 Å². The van der Waals surface area contributed by atoms with Crippen LogP contribution in [-0.4, -0.2) is 0 Å². The first kappa shape index (κ1) is 8.34. The highest BCUT2D eigenvalue weighted by atomic mass is 16.3. The van der Waals surface area contributed by atoms with E-state index in [0.717, 1.165) is 11.3 Å². The topological polar surface area (TPSA) is 39.2 Å². The zero-order valence-electron chi connectivity index (χ0n) is 7.29. The Morgan fingerprint density at radius 2 is 2.09 bits per heavy atom. The Hall–Kier alpha value is -0.760. The molecule has 0 aliphatic heterocycles. The van der Waals surface area contributed by atoms with Gasteiger partial charge in [0.15, 0.2) is 0 Å². The third-order valence-corrected chi connectivity index (χ3v) is 1.80. The average Bonchev–Trinajstić information content (AvgIpc) is 2.34. The van der Waals surface area contributed by atoms with Crippen LogP contribution in [0.2, 0.25) is 0 Å². The molecule has 0 saturated carbocycles. The van der Waals surface area contributed by atoms with E-state index in [2.05, 4.69) is 13.8 Å². The smallest absolute Gasteiger partial charge is 0.120 e. The molecule has 0 radical (unpaired) electrons. The van der Waals surface area contributed by atoms with Crippen LogP contribution in [0.1, 0.15) is 31.2 Å². The van der Waals surface area contributed by atoms with Gasteiger partial charge in [-0.2, -0.15) is 0 Å². The molecule has 0 spiro atoms. The molecule has 1 rings (SSSR count). The third-order valence-electron chi connectivity index (χ3n) is 1.80. The van der Waals surface area contributed by atoms with Crippen molar-refractivity contribution < 1.29 is 4.42 Å². The van der Waals surface area contributed by atoms with Gasteiger partial charge in [0.2, 0.25) is 0 Å². The number of furan rings is 1. The Bertz CT molecular complexity index is 227. The summed E-state index contributed by atoms with van der Waals surface area (Å²) in [6.07, 6.45) is 1.73. The summed E-state index contributed by atoms with van der Waals surface area (Å²) in [5, 5.41) is 0. The van der Waals surface area contributed by atoms with E-state index in [-0.39, 0.29) is 6.04 Å². The summed E-state index contributed by atoms with van der Waals surface area (Å²) in [6.45, 7) is 6.17. The molecule has 2 nitrogen and oxygen atoms in total. The first-order valence-electron chi connectivity index (χ1n) is 3.92. The summed E-state index contributed by atoms with van der Waals surface area (Å²) < 4.78 is 5.26. The highest BCUT2D eigenvalue weighted by Gasteiger charge is 2.13. The lowest BCUT2D eigenvalue weighted by molar-refractivity contribution is 0.402. The highest BCUT2D eigenvalue weighted by Crippen LogP contribution is 2.20. The van der Waals surface area contributed by atoms with Crippen molar-refractivity contribution in [3.63, 3.8) is 0 Å². The maximum absolute atomic E-state index is 5.86. The Balaban J connectivity index is 2.76. The quantitative estimate of drug-likeness (QED) is 0.707. The molecule has 1 aromatic rings. The molecule has 0 aromatic carbocycles. The predicted octanol–water partition coefficient (Wildman–Crippen LogP) is 2.24. The molecular formula is C9H15NO. The molecule has 1 unspecified atom stereocenters. The normalized spacial score (nSPS) is 13.9. The summed E-state index contributed by atoms with van der Waals surface area (Å²) in [5.74, 6) is 1.32. The van der Waals surface area contributed by atoms with E-state index >= 15 is 0 Å². The van der Waals surface area contributed by atoms with E-state index in [4.69, 9.17) is 10.2 Å². The van der Waals surface area contributed by atoms with Crippen LogP contribution in [0, 0.1) is 12.8 Å². The van der Waals surface area contributed by atoms with Crippen LogP contribution in [0.3, 0.4) is 0 Å². The zero-order chi connectivity index (χ0) is 8.43. The number of hydrogen-bond donors (Lipinski definition) is 1. The molecule has 0 amide bonds. The van der Waals surface area contributed by atoms with Crippen molar-refractivity contribution >= 4 is 0 Å². The van der Waals surface area contributed by atoms with Crippen LogP contribution < -0.4 is 5.73 Å². The van der Waals surface area contributed by atoms with Gasteiger partial charge in [0, 0.05) is 0 Å². The minimum absolute atomic E-state index is 0.0312. The minimum Gasteiger partial charge on any atom is -0.467 e. The molecule has 0 bridgehead atoms. The fourth-order valence-electron chi connectivity index (χ4n) is 0.957. The summed E-state index contributed by atoms with van der Waals surface area (Å²) in [5.41, 5.74) is 6.99. The summed E-state index contributed by atoms with van der Waals surface area (Å²) in [6, 6.07) is 2.02. The van der Waals surface area contributed by atoms with Crippen LogP contribution in [0.5, 0.6) is 0 Å². The van der Waals surface area contributed by atoms with Crippen molar-refractivity contribution in [2.75, 3.05) is 0 Å². The van der Waals surface area contributed by atoms with Gasteiger partial charge in [-0.1, -0.05) is 13.8 Å². The number of rotatable bonds is 2. The first-order valence-corrected chi connectivity index (χ1v) is 3.92. The molecular weight excluding hydrogens is 138 g/mol. The second-order valence-electron chi connectivity index (χ2n) is 3.30. The van der Waals surface area contributed by atoms with E-state index < -0.39 is 0 Å². The second-order valence-corrected chi connectivity index (χ2v) is 3.30. The van der Waals surface area contributed by atoms with Crippen LogP contribution in [0.4, 0.5) is 0 Å². The molecule has 0 fully saturated rings. The van der Waals surface area contributed by atoms with E-state index in [1.54, 1.807) is 6.26 Å². The van der Waals surface area contributed by atoms with Gasteiger partial charge in [-0.15, -0.1) is 0 Å².